The molecule has 0 bridgehead atoms. The Morgan fingerprint density at radius 3 is 2.23 bits per heavy atom. The largest absolute Gasteiger partial charge is 0.481 e. The van der Waals surface area contributed by atoms with Crippen molar-refractivity contribution in [1.29, 1.82) is 0 Å². The molecule has 2 rings (SSSR count). The Kier molecular flexibility index (Phi) is 6.94. The highest BCUT2D eigenvalue weighted by molar-refractivity contribution is 7.88. The van der Waals surface area contributed by atoms with Gasteiger partial charge in [-0.25, -0.2) is 13.1 Å². The lowest BCUT2D eigenvalue weighted by Gasteiger charge is -2.19. The van der Waals surface area contributed by atoms with E-state index in [-0.39, 0.29) is 18.6 Å². The van der Waals surface area contributed by atoms with E-state index in [2.05, 4.69) is 4.72 Å². The van der Waals surface area contributed by atoms with Crippen LogP contribution in [0.25, 0.3) is 0 Å². The van der Waals surface area contributed by atoms with Gasteiger partial charge in [-0.2, -0.15) is 0 Å². The molecule has 0 radical (unpaired) electrons. The number of benzene rings is 2. The molecule has 0 aliphatic heterocycles. The maximum Gasteiger partial charge on any atom is 0.303 e. The van der Waals surface area contributed by atoms with Crippen LogP contribution in [-0.2, 0) is 27.0 Å². The van der Waals surface area contributed by atoms with Crippen LogP contribution >= 0.6 is 0 Å². The van der Waals surface area contributed by atoms with Gasteiger partial charge in [0.15, 0.2) is 0 Å². The van der Waals surface area contributed by atoms with E-state index in [1.54, 1.807) is 0 Å². The van der Waals surface area contributed by atoms with Gasteiger partial charge in [-0.05, 0) is 48.9 Å². The van der Waals surface area contributed by atoms with Gasteiger partial charge in [0.05, 0.1) is 5.75 Å². The van der Waals surface area contributed by atoms with E-state index in [0.29, 0.717) is 6.42 Å². The van der Waals surface area contributed by atoms with Crippen molar-refractivity contribution in [1.82, 2.24) is 4.72 Å². The normalized spacial score (nSPS) is 12.7. The molecule has 140 valence electrons. The summed E-state index contributed by atoms with van der Waals surface area (Å²) in [5.74, 6) is -1.04. The summed E-state index contributed by atoms with van der Waals surface area (Å²) < 4.78 is 28.1. The summed E-state index contributed by atoms with van der Waals surface area (Å²) in [4.78, 5) is 10.9. The smallest absolute Gasteiger partial charge is 0.303 e. The molecule has 2 N–H and O–H groups in total. The van der Waals surface area contributed by atoms with Crippen molar-refractivity contribution in [2.24, 2.45) is 0 Å². The van der Waals surface area contributed by atoms with Gasteiger partial charge in [-0.3, -0.25) is 4.79 Å². The first-order valence-corrected chi connectivity index (χ1v) is 10.2. The van der Waals surface area contributed by atoms with E-state index in [1.165, 1.54) is 0 Å². The van der Waals surface area contributed by atoms with Crippen LogP contribution in [0.4, 0.5) is 0 Å². The number of sulfonamides is 1. The molecular formula is C20H25NO4S. The molecule has 26 heavy (non-hydrogen) atoms. The van der Waals surface area contributed by atoms with Crippen molar-refractivity contribution in [3.63, 3.8) is 0 Å². The van der Waals surface area contributed by atoms with Crippen LogP contribution in [0.2, 0.25) is 0 Å². The third-order valence-electron chi connectivity index (χ3n) is 4.36. The Balaban J connectivity index is 2.15. The van der Waals surface area contributed by atoms with Gasteiger partial charge in [-0.15, -0.1) is 0 Å². The zero-order chi connectivity index (χ0) is 19.2. The second-order valence-electron chi connectivity index (χ2n) is 6.57. The fourth-order valence-electron chi connectivity index (χ4n) is 2.96. The van der Waals surface area contributed by atoms with Gasteiger partial charge in [0.2, 0.25) is 10.0 Å². The first-order chi connectivity index (χ1) is 12.3. The van der Waals surface area contributed by atoms with Crippen molar-refractivity contribution < 1.29 is 18.3 Å². The number of carboxylic acids is 1. The van der Waals surface area contributed by atoms with E-state index in [0.717, 1.165) is 22.3 Å². The Morgan fingerprint density at radius 2 is 1.65 bits per heavy atom. The van der Waals surface area contributed by atoms with Gasteiger partial charge < -0.3 is 5.11 Å². The Morgan fingerprint density at radius 1 is 1.04 bits per heavy atom. The molecule has 5 nitrogen and oxygen atoms in total. The predicted molar refractivity (Wildman–Crippen MR) is 102 cm³/mol. The lowest BCUT2D eigenvalue weighted by Crippen LogP contribution is -2.37. The third kappa shape index (κ3) is 6.28. The molecule has 0 spiro atoms. The zero-order valence-corrected chi connectivity index (χ0v) is 15.9. The summed E-state index contributed by atoms with van der Waals surface area (Å²) in [6.45, 7) is 3.79. The molecule has 0 saturated heterocycles. The summed E-state index contributed by atoms with van der Waals surface area (Å²) in [7, 11) is -3.59. The Labute approximate surface area is 155 Å². The molecule has 2 aromatic rings. The number of rotatable bonds is 9. The molecule has 0 aliphatic carbocycles. The summed E-state index contributed by atoms with van der Waals surface area (Å²) in [5, 5.41) is 8.96. The van der Waals surface area contributed by atoms with Crippen molar-refractivity contribution in [2.75, 3.05) is 0 Å². The van der Waals surface area contributed by atoms with Gasteiger partial charge in [0.1, 0.15) is 0 Å². The molecule has 0 saturated carbocycles. The molecule has 2 aromatic carbocycles. The Hall–Kier alpha value is -2.18. The number of hydrogen-bond donors (Lipinski definition) is 2. The van der Waals surface area contributed by atoms with Crippen LogP contribution in [0.3, 0.4) is 0 Å². The van der Waals surface area contributed by atoms with Gasteiger partial charge in [-0.1, -0.05) is 48.5 Å². The molecule has 0 aromatic heterocycles. The maximum absolute atomic E-state index is 12.7. The second-order valence-corrected chi connectivity index (χ2v) is 8.32. The number of carboxylic acid groups (broad SMARTS) is 1. The van der Waals surface area contributed by atoms with Crippen molar-refractivity contribution >= 4 is 16.0 Å². The topological polar surface area (TPSA) is 83.5 Å². The number of carbonyl (C=O) groups is 1. The van der Waals surface area contributed by atoms with Crippen LogP contribution in [0.5, 0.6) is 0 Å². The minimum Gasteiger partial charge on any atom is -0.481 e. The van der Waals surface area contributed by atoms with Crippen LogP contribution in [0.1, 0.15) is 35.1 Å². The molecule has 0 fully saturated rings. The van der Waals surface area contributed by atoms with Crippen LogP contribution in [0.15, 0.2) is 48.5 Å². The zero-order valence-electron chi connectivity index (χ0n) is 15.1. The van der Waals surface area contributed by atoms with Crippen molar-refractivity contribution in [3.05, 3.63) is 70.8 Å². The van der Waals surface area contributed by atoms with Gasteiger partial charge in [0.25, 0.3) is 0 Å². The second kappa shape index (κ2) is 8.96. The lowest BCUT2D eigenvalue weighted by atomic mass is 10.0. The molecular weight excluding hydrogens is 350 g/mol. The van der Waals surface area contributed by atoms with Crippen molar-refractivity contribution in [3.8, 4) is 0 Å². The first kappa shape index (κ1) is 20.1. The number of nitrogens with one attached hydrogen (secondary N) is 1. The minimum atomic E-state index is -3.59. The first-order valence-electron chi connectivity index (χ1n) is 8.57. The fourth-order valence-corrected chi connectivity index (χ4v) is 4.59. The van der Waals surface area contributed by atoms with Crippen molar-refractivity contribution in [2.45, 2.75) is 44.9 Å². The molecule has 0 amide bonds. The predicted octanol–water partition coefficient (Wildman–Crippen LogP) is 3.20. The highest BCUT2D eigenvalue weighted by atomic mass is 32.2. The van der Waals surface area contributed by atoms with Crippen LogP contribution in [0, 0.1) is 13.8 Å². The standard InChI is InChI=1S/C20H25NO4S/c1-15-7-6-8-16(2)19(15)14-26(24,25)21-18(11-12-20(22)23)13-17-9-4-3-5-10-17/h3-10,18,21H,11-14H2,1-2H3,(H,22,23). The number of aryl methyl sites for hydroxylation is 2. The summed E-state index contributed by atoms with van der Waals surface area (Å²) >= 11 is 0. The summed E-state index contributed by atoms with van der Waals surface area (Å²) in [6.07, 6.45) is 0.625. The average Bonchev–Trinajstić information content (AvgIpc) is 2.57. The van der Waals surface area contributed by atoms with E-state index in [4.69, 9.17) is 5.11 Å². The van der Waals surface area contributed by atoms with E-state index < -0.39 is 22.0 Å². The minimum absolute atomic E-state index is 0.0799. The highest BCUT2D eigenvalue weighted by Gasteiger charge is 2.21. The fraction of sp³-hybridized carbons (Fsp3) is 0.350. The number of hydrogen-bond acceptors (Lipinski definition) is 3. The van der Waals surface area contributed by atoms with Crippen LogP contribution in [-0.4, -0.2) is 25.5 Å². The quantitative estimate of drug-likeness (QED) is 0.705. The molecule has 0 aliphatic rings. The maximum atomic E-state index is 12.7. The van der Waals surface area contributed by atoms with Gasteiger partial charge >= 0.3 is 5.97 Å². The summed E-state index contributed by atoms with van der Waals surface area (Å²) in [5.41, 5.74) is 3.62. The third-order valence-corrected chi connectivity index (χ3v) is 5.72. The Bertz CT molecular complexity index is 827. The SMILES string of the molecule is Cc1cccc(C)c1CS(=O)(=O)NC(CCC(=O)O)Cc1ccccc1. The van der Waals surface area contributed by atoms with E-state index in [1.807, 2.05) is 62.4 Å². The number of aliphatic carboxylic acids is 1. The molecule has 1 atom stereocenters. The average molecular weight is 375 g/mol. The molecule has 6 heteroatoms. The lowest BCUT2D eigenvalue weighted by molar-refractivity contribution is -0.137. The van der Waals surface area contributed by atoms with E-state index in [9.17, 15) is 13.2 Å². The molecule has 0 heterocycles. The van der Waals surface area contributed by atoms with Gasteiger partial charge in [0, 0.05) is 12.5 Å². The summed E-state index contributed by atoms with van der Waals surface area (Å²) in [6, 6.07) is 14.7. The highest BCUT2D eigenvalue weighted by Crippen LogP contribution is 2.17. The monoisotopic (exact) mass is 375 g/mol. The molecule has 1 unspecified atom stereocenters. The van der Waals surface area contributed by atoms with Crippen LogP contribution < -0.4 is 4.72 Å². The van der Waals surface area contributed by atoms with E-state index >= 15 is 0 Å².